The molecule has 0 fully saturated rings. The van der Waals surface area contributed by atoms with E-state index >= 15 is 0 Å². The number of benzene rings is 3. The lowest BCUT2D eigenvalue weighted by Gasteiger charge is -2.17. The van der Waals surface area contributed by atoms with Crippen LogP contribution in [-0.4, -0.2) is 16.6 Å². The molecule has 0 spiro atoms. The number of nitrogens with two attached hydrogens (primary N) is 1. The summed E-state index contributed by atoms with van der Waals surface area (Å²) in [6.07, 6.45) is 0.938. The maximum Gasteiger partial charge on any atom is 0.335 e. The van der Waals surface area contributed by atoms with Gasteiger partial charge in [0.2, 0.25) is 0 Å². The molecule has 0 atom stereocenters. The summed E-state index contributed by atoms with van der Waals surface area (Å²) in [6, 6.07) is 23.1. The highest BCUT2D eigenvalue weighted by Gasteiger charge is 2.10. The lowest BCUT2D eigenvalue weighted by molar-refractivity contribution is 0.0697. The summed E-state index contributed by atoms with van der Waals surface area (Å²) in [7, 11) is 0. The number of fused-ring (bicyclic) bond motifs is 1. The first-order chi connectivity index (χ1) is 11.3. The Morgan fingerprint density at radius 1 is 0.917 bits per heavy atom. The van der Waals surface area contributed by atoms with Crippen LogP contribution in [0.3, 0.4) is 0 Å². The minimum Gasteiger partial charge on any atom is -0.478 e. The van der Waals surface area contributed by atoms with E-state index in [0.29, 0.717) is 5.56 Å². The van der Waals surface area contributed by atoms with Crippen molar-refractivity contribution >= 4 is 16.7 Å². The van der Waals surface area contributed by atoms with E-state index < -0.39 is 5.97 Å². The normalized spacial score (nSPS) is 10.8. The van der Waals surface area contributed by atoms with E-state index in [1.165, 1.54) is 5.56 Å². The van der Waals surface area contributed by atoms with Crippen LogP contribution in [0.4, 0.5) is 0 Å². The second kappa shape index (κ2) is 7.75. The lowest BCUT2D eigenvalue weighted by Crippen LogP contribution is -2.34. The van der Waals surface area contributed by atoms with Gasteiger partial charge in [-0.1, -0.05) is 60.7 Å². The maximum absolute atomic E-state index is 10.6. The Kier molecular flexibility index (Phi) is 5.72. The predicted octanol–water partition coefficient (Wildman–Crippen LogP) is 4.50. The van der Waals surface area contributed by atoms with Gasteiger partial charge in [-0.25, -0.2) is 4.79 Å². The fraction of sp³-hybridized carbons (Fsp3) is 0.190. The summed E-state index contributed by atoms with van der Waals surface area (Å²) in [5.74, 6) is -0.884. The Morgan fingerprint density at radius 2 is 1.50 bits per heavy atom. The van der Waals surface area contributed by atoms with E-state index in [0.717, 1.165) is 17.2 Å². The maximum atomic E-state index is 10.6. The summed E-state index contributed by atoms with van der Waals surface area (Å²) in [5, 5.41) is 10.8. The molecule has 0 saturated heterocycles. The Balaban J connectivity index is 0.000000177. The zero-order chi connectivity index (χ0) is 17.6. The van der Waals surface area contributed by atoms with Crippen LogP contribution in [-0.2, 0) is 6.42 Å². The van der Waals surface area contributed by atoms with Gasteiger partial charge in [0.15, 0.2) is 0 Å². The summed E-state index contributed by atoms with van der Waals surface area (Å²) in [4.78, 5) is 10.6. The van der Waals surface area contributed by atoms with Crippen LogP contribution in [0.15, 0.2) is 72.8 Å². The molecular formula is C21H23NO2. The van der Waals surface area contributed by atoms with E-state index in [1.807, 2.05) is 62.4 Å². The fourth-order valence-corrected chi connectivity index (χ4v) is 2.44. The molecule has 0 aliphatic heterocycles. The molecular weight excluding hydrogens is 298 g/mol. The number of hydrogen-bond donors (Lipinski definition) is 2. The number of carbonyl (C=O) groups is 1. The van der Waals surface area contributed by atoms with Crippen molar-refractivity contribution in [1.82, 2.24) is 0 Å². The van der Waals surface area contributed by atoms with Gasteiger partial charge in [-0.15, -0.1) is 0 Å². The van der Waals surface area contributed by atoms with Crippen molar-refractivity contribution in [3.8, 4) is 0 Å². The summed E-state index contributed by atoms with van der Waals surface area (Å²) in [6.45, 7) is 4.08. The predicted molar refractivity (Wildman–Crippen MR) is 99.3 cm³/mol. The van der Waals surface area contributed by atoms with Crippen LogP contribution in [0.25, 0.3) is 10.8 Å². The SMILES string of the molecule is CC(C)(N)Cc1ccccc1.O=C(O)c1ccc2ccccc2c1. The van der Waals surface area contributed by atoms with Gasteiger partial charge in [-0.05, 0) is 48.7 Å². The van der Waals surface area contributed by atoms with Gasteiger partial charge < -0.3 is 10.8 Å². The second-order valence-corrected chi connectivity index (χ2v) is 6.52. The summed E-state index contributed by atoms with van der Waals surface area (Å²) >= 11 is 0. The molecule has 0 aromatic heterocycles. The molecule has 0 bridgehead atoms. The molecule has 0 aliphatic rings. The van der Waals surface area contributed by atoms with Crippen molar-refractivity contribution in [1.29, 1.82) is 0 Å². The Hall–Kier alpha value is -2.65. The number of carboxylic acids is 1. The number of aromatic carboxylic acids is 1. The zero-order valence-electron chi connectivity index (χ0n) is 14.1. The fourth-order valence-electron chi connectivity index (χ4n) is 2.44. The first kappa shape index (κ1) is 17.7. The van der Waals surface area contributed by atoms with Crippen LogP contribution < -0.4 is 5.73 Å². The van der Waals surface area contributed by atoms with Crippen LogP contribution in [0.2, 0.25) is 0 Å². The van der Waals surface area contributed by atoms with E-state index in [9.17, 15) is 4.79 Å². The summed E-state index contributed by atoms with van der Waals surface area (Å²) in [5.41, 5.74) is 7.41. The van der Waals surface area contributed by atoms with Crippen LogP contribution >= 0.6 is 0 Å². The average Bonchev–Trinajstić information content (AvgIpc) is 2.54. The van der Waals surface area contributed by atoms with E-state index in [4.69, 9.17) is 10.8 Å². The molecule has 0 unspecified atom stereocenters. The van der Waals surface area contributed by atoms with E-state index in [1.54, 1.807) is 12.1 Å². The monoisotopic (exact) mass is 321 g/mol. The van der Waals surface area contributed by atoms with Gasteiger partial charge in [0.1, 0.15) is 0 Å². The zero-order valence-corrected chi connectivity index (χ0v) is 14.1. The van der Waals surface area contributed by atoms with Gasteiger partial charge in [-0.3, -0.25) is 0 Å². The molecule has 0 heterocycles. The topological polar surface area (TPSA) is 63.3 Å². The molecule has 124 valence electrons. The van der Waals surface area contributed by atoms with Gasteiger partial charge in [0.25, 0.3) is 0 Å². The quantitative estimate of drug-likeness (QED) is 0.746. The van der Waals surface area contributed by atoms with E-state index in [2.05, 4.69) is 12.1 Å². The highest BCUT2D eigenvalue weighted by molar-refractivity contribution is 5.94. The molecule has 3 heteroatoms. The lowest BCUT2D eigenvalue weighted by atomic mass is 9.96. The average molecular weight is 321 g/mol. The van der Waals surface area contributed by atoms with Crippen LogP contribution in [0.5, 0.6) is 0 Å². The summed E-state index contributed by atoms with van der Waals surface area (Å²) < 4.78 is 0. The highest BCUT2D eigenvalue weighted by Crippen LogP contribution is 2.15. The first-order valence-corrected chi connectivity index (χ1v) is 7.90. The minimum atomic E-state index is -0.884. The van der Waals surface area contributed by atoms with Gasteiger partial charge in [-0.2, -0.15) is 0 Å². The molecule has 3 aromatic carbocycles. The van der Waals surface area contributed by atoms with Gasteiger partial charge in [0, 0.05) is 5.54 Å². The molecule has 0 saturated carbocycles. The Morgan fingerprint density at radius 3 is 2.08 bits per heavy atom. The third kappa shape index (κ3) is 5.52. The number of carboxylic acid groups (broad SMARTS) is 1. The van der Waals surface area contributed by atoms with Crippen molar-refractivity contribution in [3.05, 3.63) is 83.9 Å². The molecule has 0 amide bonds. The third-order valence-corrected chi connectivity index (χ3v) is 3.50. The molecule has 0 radical (unpaired) electrons. The minimum absolute atomic E-state index is 0.0959. The van der Waals surface area contributed by atoms with Crippen molar-refractivity contribution < 1.29 is 9.90 Å². The molecule has 3 rings (SSSR count). The molecule has 3 aromatic rings. The van der Waals surface area contributed by atoms with Gasteiger partial charge in [0.05, 0.1) is 5.56 Å². The van der Waals surface area contributed by atoms with Crippen LogP contribution in [0, 0.1) is 0 Å². The van der Waals surface area contributed by atoms with Crippen molar-refractivity contribution in [2.24, 2.45) is 5.73 Å². The highest BCUT2D eigenvalue weighted by atomic mass is 16.4. The van der Waals surface area contributed by atoms with Crippen molar-refractivity contribution in [2.45, 2.75) is 25.8 Å². The second-order valence-electron chi connectivity index (χ2n) is 6.52. The van der Waals surface area contributed by atoms with Gasteiger partial charge >= 0.3 is 5.97 Å². The Bertz CT molecular complexity index is 805. The molecule has 0 aliphatic carbocycles. The van der Waals surface area contributed by atoms with Crippen LogP contribution in [0.1, 0.15) is 29.8 Å². The van der Waals surface area contributed by atoms with E-state index in [-0.39, 0.29) is 5.54 Å². The first-order valence-electron chi connectivity index (χ1n) is 7.90. The molecule has 24 heavy (non-hydrogen) atoms. The number of hydrogen-bond acceptors (Lipinski definition) is 2. The van der Waals surface area contributed by atoms with Crippen molar-refractivity contribution in [3.63, 3.8) is 0 Å². The largest absolute Gasteiger partial charge is 0.478 e. The third-order valence-electron chi connectivity index (χ3n) is 3.50. The van der Waals surface area contributed by atoms with Crippen molar-refractivity contribution in [2.75, 3.05) is 0 Å². The molecule has 3 N–H and O–H groups in total. The smallest absolute Gasteiger partial charge is 0.335 e. The number of rotatable bonds is 3. The molecule has 3 nitrogen and oxygen atoms in total. The Labute approximate surface area is 142 Å². The standard InChI is InChI=1S/C11H8O2.C10H15N/c12-11(13)10-6-5-8-3-1-2-4-9(8)7-10;1-10(2,11)8-9-6-4-3-5-7-9/h1-7H,(H,12,13);3-7H,8,11H2,1-2H3.